The summed E-state index contributed by atoms with van der Waals surface area (Å²) in [5.41, 5.74) is 0. The molecule has 6 heteroatoms. The van der Waals surface area contributed by atoms with Crippen molar-refractivity contribution < 1.29 is 0 Å². The van der Waals surface area contributed by atoms with E-state index < -0.39 is 0 Å². The smallest absolute Gasteiger partial charge is 0.225 e. The number of hydrogen-bond acceptors (Lipinski definition) is 4. The van der Waals surface area contributed by atoms with Crippen molar-refractivity contribution in [1.29, 1.82) is 0 Å². The third-order valence-corrected chi connectivity index (χ3v) is 4.02. The zero-order valence-corrected chi connectivity index (χ0v) is 12.5. The van der Waals surface area contributed by atoms with E-state index in [1.165, 1.54) is 0 Å². The first-order chi connectivity index (χ1) is 8.54. The fraction of sp³-hybridized carbons (Fsp3) is 0.833. The Bertz CT molecular complexity index is 450. The average molecular weight is 269 g/mol. The molecule has 18 heavy (non-hydrogen) atoms. The molecule has 2 rings (SSSR count). The van der Waals surface area contributed by atoms with Gasteiger partial charge in [0.15, 0.2) is 4.77 Å². The SMILES string of the molecule is CCCn1c(N2CC(C)C(N(C)C)C2)n[nH]c1=S. The number of likely N-dealkylation sites (N-methyl/N-ethyl adjacent to an activating group) is 1. The zero-order valence-electron chi connectivity index (χ0n) is 11.7. The molecular weight excluding hydrogens is 246 g/mol. The summed E-state index contributed by atoms with van der Waals surface area (Å²) < 4.78 is 2.84. The van der Waals surface area contributed by atoms with Gasteiger partial charge in [-0.1, -0.05) is 13.8 Å². The largest absolute Gasteiger partial charge is 0.339 e. The molecule has 5 nitrogen and oxygen atoms in total. The highest BCUT2D eigenvalue weighted by molar-refractivity contribution is 7.71. The lowest BCUT2D eigenvalue weighted by Crippen LogP contribution is -2.34. The van der Waals surface area contributed by atoms with Crippen molar-refractivity contribution in [3.8, 4) is 0 Å². The van der Waals surface area contributed by atoms with Gasteiger partial charge in [-0.25, -0.2) is 5.10 Å². The molecule has 0 radical (unpaired) electrons. The van der Waals surface area contributed by atoms with E-state index in [0.717, 1.165) is 36.8 Å². The van der Waals surface area contributed by atoms with Crippen molar-refractivity contribution in [3.05, 3.63) is 4.77 Å². The molecule has 2 heterocycles. The van der Waals surface area contributed by atoms with Gasteiger partial charge in [-0.15, -0.1) is 5.10 Å². The Morgan fingerprint density at radius 3 is 2.72 bits per heavy atom. The monoisotopic (exact) mass is 269 g/mol. The van der Waals surface area contributed by atoms with Crippen LogP contribution < -0.4 is 4.90 Å². The predicted octanol–water partition coefficient (Wildman–Crippen LogP) is 1.74. The Balaban J connectivity index is 2.21. The van der Waals surface area contributed by atoms with Gasteiger partial charge >= 0.3 is 0 Å². The minimum atomic E-state index is 0.588. The van der Waals surface area contributed by atoms with E-state index in [-0.39, 0.29) is 0 Å². The van der Waals surface area contributed by atoms with Crippen LogP contribution in [0, 0.1) is 10.7 Å². The summed E-state index contributed by atoms with van der Waals surface area (Å²) >= 11 is 5.29. The van der Waals surface area contributed by atoms with Crippen molar-refractivity contribution in [1.82, 2.24) is 19.7 Å². The van der Waals surface area contributed by atoms with Crippen LogP contribution in [-0.2, 0) is 6.54 Å². The fourth-order valence-corrected chi connectivity index (χ4v) is 2.98. The van der Waals surface area contributed by atoms with Crippen LogP contribution in [0.3, 0.4) is 0 Å². The summed E-state index contributed by atoms with van der Waals surface area (Å²) in [5.74, 6) is 1.65. The second kappa shape index (κ2) is 5.40. The molecule has 1 saturated heterocycles. The van der Waals surface area contributed by atoms with Crippen molar-refractivity contribution in [2.45, 2.75) is 32.9 Å². The number of aromatic amines is 1. The molecule has 1 aliphatic rings. The predicted molar refractivity (Wildman–Crippen MR) is 76.6 cm³/mol. The van der Waals surface area contributed by atoms with E-state index in [2.05, 4.69) is 52.5 Å². The molecule has 2 unspecified atom stereocenters. The van der Waals surface area contributed by atoms with Gasteiger partial charge in [0, 0.05) is 25.7 Å². The minimum absolute atomic E-state index is 0.588. The van der Waals surface area contributed by atoms with Crippen molar-refractivity contribution >= 4 is 18.2 Å². The van der Waals surface area contributed by atoms with Gasteiger partial charge in [-0.2, -0.15) is 0 Å². The van der Waals surface area contributed by atoms with Crippen LogP contribution in [0.4, 0.5) is 5.95 Å². The average Bonchev–Trinajstić information content (AvgIpc) is 2.84. The summed E-state index contributed by atoms with van der Waals surface area (Å²) in [4.78, 5) is 4.65. The molecule has 0 aromatic carbocycles. The Morgan fingerprint density at radius 1 is 1.44 bits per heavy atom. The molecule has 0 amide bonds. The maximum Gasteiger partial charge on any atom is 0.225 e. The Morgan fingerprint density at radius 2 is 2.17 bits per heavy atom. The number of hydrogen-bond donors (Lipinski definition) is 1. The third-order valence-electron chi connectivity index (χ3n) is 3.70. The maximum atomic E-state index is 5.29. The maximum absolute atomic E-state index is 5.29. The normalized spacial score (nSPS) is 24.2. The molecule has 2 atom stereocenters. The first kappa shape index (κ1) is 13.5. The highest BCUT2D eigenvalue weighted by Gasteiger charge is 2.33. The van der Waals surface area contributed by atoms with E-state index >= 15 is 0 Å². The lowest BCUT2D eigenvalue weighted by molar-refractivity contribution is 0.266. The highest BCUT2D eigenvalue weighted by Crippen LogP contribution is 2.24. The summed E-state index contributed by atoms with van der Waals surface area (Å²) in [6, 6.07) is 0.588. The molecule has 102 valence electrons. The topological polar surface area (TPSA) is 40.1 Å². The van der Waals surface area contributed by atoms with Crippen LogP contribution in [-0.4, -0.2) is 52.9 Å². The molecule has 0 aliphatic carbocycles. The van der Waals surface area contributed by atoms with Crippen LogP contribution in [0.25, 0.3) is 0 Å². The number of nitrogens with zero attached hydrogens (tertiary/aromatic N) is 4. The van der Waals surface area contributed by atoms with E-state index in [9.17, 15) is 0 Å². The van der Waals surface area contributed by atoms with Crippen LogP contribution in [0.15, 0.2) is 0 Å². The lowest BCUT2D eigenvalue weighted by Gasteiger charge is -2.22. The van der Waals surface area contributed by atoms with Crippen LogP contribution >= 0.6 is 12.2 Å². The van der Waals surface area contributed by atoms with Crippen molar-refractivity contribution in [2.24, 2.45) is 5.92 Å². The molecule has 1 N–H and O–H groups in total. The van der Waals surface area contributed by atoms with Crippen LogP contribution in [0.1, 0.15) is 20.3 Å². The van der Waals surface area contributed by atoms with Gasteiger partial charge < -0.3 is 9.80 Å². The van der Waals surface area contributed by atoms with Gasteiger partial charge in [0.1, 0.15) is 0 Å². The number of nitrogens with one attached hydrogen (secondary N) is 1. The van der Waals surface area contributed by atoms with E-state index in [1.807, 2.05) is 0 Å². The molecule has 0 spiro atoms. The van der Waals surface area contributed by atoms with Crippen LogP contribution in [0.2, 0.25) is 0 Å². The first-order valence-electron chi connectivity index (χ1n) is 6.61. The molecule has 1 aromatic rings. The quantitative estimate of drug-likeness (QED) is 0.845. The summed E-state index contributed by atoms with van der Waals surface area (Å²) in [5, 5.41) is 7.32. The Kier molecular flexibility index (Phi) is 4.07. The molecular formula is C12H23N5S. The molecule has 1 fully saturated rings. The van der Waals surface area contributed by atoms with Crippen molar-refractivity contribution in [2.75, 3.05) is 32.1 Å². The first-order valence-corrected chi connectivity index (χ1v) is 7.02. The molecule has 0 saturated carbocycles. The third kappa shape index (κ3) is 2.44. The summed E-state index contributed by atoms with van der Waals surface area (Å²) in [6.45, 7) is 7.47. The van der Waals surface area contributed by atoms with Gasteiger partial charge in [-0.05, 0) is 38.7 Å². The van der Waals surface area contributed by atoms with Gasteiger partial charge in [0.05, 0.1) is 0 Å². The summed E-state index contributed by atoms with van der Waals surface area (Å²) in [6.07, 6.45) is 1.07. The number of anilines is 1. The minimum Gasteiger partial charge on any atom is -0.339 e. The fourth-order valence-electron chi connectivity index (χ4n) is 2.76. The summed E-state index contributed by atoms with van der Waals surface area (Å²) in [7, 11) is 4.29. The second-order valence-corrected chi connectivity index (χ2v) is 5.78. The number of aromatic nitrogens is 3. The number of rotatable bonds is 4. The lowest BCUT2D eigenvalue weighted by atomic mass is 10.1. The highest BCUT2D eigenvalue weighted by atomic mass is 32.1. The zero-order chi connectivity index (χ0) is 13.3. The van der Waals surface area contributed by atoms with E-state index in [1.54, 1.807) is 0 Å². The van der Waals surface area contributed by atoms with E-state index in [0.29, 0.717) is 12.0 Å². The molecule has 0 bridgehead atoms. The Labute approximate surface area is 114 Å². The van der Waals surface area contributed by atoms with Crippen molar-refractivity contribution in [3.63, 3.8) is 0 Å². The Hall–Kier alpha value is -0.880. The van der Waals surface area contributed by atoms with Gasteiger partial charge in [0.2, 0.25) is 5.95 Å². The molecule has 1 aromatic heterocycles. The van der Waals surface area contributed by atoms with Gasteiger partial charge in [0.25, 0.3) is 0 Å². The number of H-pyrrole nitrogens is 1. The second-order valence-electron chi connectivity index (χ2n) is 5.39. The van der Waals surface area contributed by atoms with E-state index in [4.69, 9.17) is 12.2 Å². The molecule has 1 aliphatic heterocycles. The standard InChI is InChI=1S/C12H23N5S/c1-5-6-17-11(13-14-12(17)18)16-7-9(2)10(8-16)15(3)4/h9-10H,5-8H2,1-4H3,(H,14,18). The van der Waals surface area contributed by atoms with Gasteiger partial charge in [-0.3, -0.25) is 4.57 Å². The van der Waals surface area contributed by atoms with Crippen LogP contribution in [0.5, 0.6) is 0 Å².